The Kier molecular flexibility index (Phi) is 4.15. The summed E-state index contributed by atoms with van der Waals surface area (Å²) in [6, 6.07) is 13.1. The molecule has 23 heavy (non-hydrogen) atoms. The maximum absolute atomic E-state index is 12.3. The lowest BCUT2D eigenvalue weighted by Gasteiger charge is -2.19. The Hall–Kier alpha value is -2.62. The molecule has 1 aliphatic rings. The molecule has 1 heterocycles. The van der Waals surface area contributed by atoms with Crippen molar-refractivity contribution < 1.29 is 9.59 Å². The number of rotatable bonds is 3. The number of nitrogens with zero attached hydrogens (tertiary/aromatic N) is 1. The largest absolute Gasteiger partial charge is 0.322 e. The van der Waals surface area contributed by atoms with Crippen LogP contribution in [0.3, 0.4) is 0 Å². The van der Waals surface area contributed by atoms with Crippen LogP contribution in [-0.4, -0.2) is 18.4 Å². The summed E-state index contributed by atoms with van der Waals surface area (Å²) in [6.45, 7) is 4.71. The summed E-state index contributed by atoms with van der Waals surface area (Å²) in [5.74, 6) is 0.00247. The van der Waals surface area contributed by atoms with Crippen LogP contribution in [0.4, 0.5) is 11.4 Å². The van der Waals surface area contributed by atoms with Crippen molar-refractivity contribution in [3.8, 4) is 0 Å². The third-order valence-corrected chi connectivity index (χ3v) is 4.14. The second-order valence-electron chi connectivity index (χ2n) is 5.97. The van der Waals surface area contributed by atoms with Gasteiger partial charge in [-0.25, -0.2) is 0 Å². The molecular formula is C19H20N2O2. The van der Waals surface area contributed by atoms with E-state index in [2.05, 4.69) is 5.32 Å². The lowest BCUT2D eigenvalue weighted by atomic mass is 10.1. The minimum atomic E-state index is -0.146. The zero-order valence-corrected chi connectivity index (χ0v) is 13.4. The third kappa shape index (κ3) is 3.26. The summed E-state index contributed by atoms with van der Waals surface area (Å²) in [5, 5.41) is 2.91. The van der Waals surface area contributed by atoms with E-state index in [1.807, 2.05) is 56.3 Å². The van der Waals surface area contributed by atoms with Crippen LogP contribution in [0, 0.1) is 13.8 Å². The van der Waals surface area contributed by atoms with Gasteiger partial charge >= 0.3 is 0 Å². The van der Waals surface area contributed by atoms with E-state index in [1.165, 1.54) is 0 Å². The van der Waals surface area contributed by atoms with Crippen LogP contribution < -0.4 is 10.2 Å². The minimum Gasteiger partial charge on any atom is -0.322 e. The van der Waals surface area contributed by atoms with Gasteiger partial charge in [0.25, 0.3) is 5.91 Å². The highest BCUT2D eigenvalue weighted by Gasteiger charge is 2.23. The first-order valence-corrected chi connectivity index (χ1v) is 7.83. The monoisotopic (exact) mass is 308 g/mol. The molecule has 4 heteroatoms. The molecule has 1 N–H and O–H groups in total. The van der Waals surface area contributed by atoms with Crippen molar-refractivity contribution in [2.45, 2.75) is 26.7 Å². The summed E-state index contributed by atoms with van der Waals surface area (Å²) in [4.78, 5) is 26.1. The van der Waals surface area contributed by atoms with Gasteiger partial charge in [-0.2, -0.15) is 0 Å². The predicted octanol–water partition coefficient (Wildman–Crippen LogP) is 3.68. The smallest absolute Gasteiger partial charge is 0.255 e. The summed E-state index contributed by atoms with van der Waals surface area (Å²) < 4.78 is 0. The van der Waals surface area contributed by atoms with Crippen LogP contribution in [0.1, 0.15) is 34.3 Å². The van der Waals surface area contributed by atoms with Gasteiger partial charge in [-0.15, -0.1) is 0 Å². The topological polar surface area (TPSA) is 49.4 Å². The first kappa shape index (κ1) is 15.3. The molecule has 2 aromatic rings. The minimum absolute atomic E-state index is 0.146. The van der Waals surface area contributed by atoms with E-state index < -0.39 is 0 Å². The second kappa shape index (κ2) is 6.24. The standard InChI is InChI=1S/C19H20N2O2/c1-13-5-8-15(9-6-13)19(23)20-16-10-7-14(2)17(12-16)21-11-3-4-18(21)22/h5-10,12H,3-4,11H2,1-2H3,(H,20,23). The van der Waals surface area contributed by atoms with Crippen molar-refractivity contribution in [1.29, 1.82) is 0 Å². The normalized spacial score (nSPS) is 14.2. The molecule has 0 bridgehead atoms. The number of carbonyl (C=O) groups is 2. The highest BCUT2D eigenvalue weighted by Crippen LogP contribution is 2.28. The number of hydrogen-bond acceptors (Lipinski definition) is 2. The molecule has 0 aromatic heterocycles. The van der Waals surface area contributed by atoms with E-state index >= 15 is 0 Å². The van der Waals surface area contributed by atoms with Crippen LogP contribution in [0.25, 0.3) is 0 Å². The Bertz CT molecular complexity index is 750. The van der Waals surface area contributed by atoms with E-state index in [-0.39, 0.29) is 11.8 Å². The maximum atomic E-state index is 12.3. The average molecular weight is 308 g/mol. The fourth-order valence-corrected chi connectivity index (χ4v) is 2.79. The van der Waals surface area contributed by atoms with Crippen molar-refractivity contribution in [1.82, 2.24) is 0 Å². The Morgan fingerprint density at radius 2 is 1.83 bits per heavy atom. The summed E-state index contributed by atoms with van der Waals surface area (Å²) in [7, 11) is 0. The molecule has 0 unspecified atom stereocenters. The van der Waals surface area contributed by atoms with Crippen molar-refractivity contribution in [2.75, 3.05) is 16.8 Å². The summed E-state index contributed by atoms with van der Waals surface area (Å²) >= 11 is 0. The number of carbonyl (C=O) groups excluding carboxylic acids is 2. The molecule has 2 aromatic carbocycles. The highest BCUT2D eigenvalue weighted by molar-refractivity contribution is 6.05. The van der Waals surface area contributed by atoms with Crippen molar-refractivity contribution in [3.63, 3.8) is 0 Å². The molecule has 3 rings (SSSR count). The number of nitrogens with one attached hydrogen (secondary N) is 1. The van der Waals surface area contributed by atoms with Gasteiger partial charge < -0.3 is 10.2 Å². The van der Waals surface area contributed by atoms with Gasteiger partial charge in [0.15, 0.2) is 0 Å². The molecule has 118 valence electrons. The first-order valence-electron chi connectivity index (χ1n) is 7.83. The molecule has 1 fully saturated rings. The van der Waals surface area contributed by atoms with Gasteiger partial charge in [0.1, 0.15) is 0 Å². The van der Waals surface area contributed by atoms with Gasteiger partial charge in [0.2, 0.25) is 5.91 Å². The van der Waals surface area contributed by atoms with E-state index in [0.717, 1.165) is 29.8 Å². The van der Waals surface area contributed by atoms with Crippen LogP contribution in [0.5, 0.6) is 0 Å². The second-order valence-corrected chi connectivity index (χ2v) is 5.97. The van der Waals surface area contributed by atoms with E-state index in [9.17, 15) is 9.59 Å². The van der Waals surface area contributed by atoms with Crippen LogP contribution >= 0.6 is 0 Å². The Morgan fingerprint density at radius 3 is 2.48 bits per heavy atom. The molecule has 1 aliphatic heterocycles. The lowest BCUT2D eigenvalue weighted by molar-refractivity contribution is -0.117. The molecule has 0 aliphatic carbocycles. The number of benzene rings is 2. The van der Waals surface area contributed by atoms with Crippen molar-refractivity contribution >= 4 is 23.2 Å². The zero-order chi connectivity index (χ0) is 16.4. The molecule has 1 saturated heterocycles. The fourth-order valence-electron chi connectivity index (χ4n) is 2.79. The quantitative estimate of drug-likeness (QED) is 0.940. The highest BCUT2D eigenvalue weighted by atomic mass is 16.2. The molecule has 0 radical (unpaired) electrons. The molecule has 2 amide bonds. The zero-order valence-electron chi connectivity index (χ0n) is 13.4. The van der Waals surface area contributed by atoms with Crippen LogP contribution in [0.15, 0.2) is 42.5 Å². The first-order chi connectivity index (χ1) is 11.0. The van der Waals surface area contributed by atoms with Gasteiger partial charge in [-0.3, -0.25) is 9.59 Å². The van der Waals surface area contributed by atoms with Crippen molar-refractivity contribution in [3.05, 3.63) is 59.2 Å². The number of amides is 2. The average Bonchev–Trinajstić information content (AvgIpc) is 2.96. The van der Waals surface area contributed by atoms with Crippen LogP contribution in [0.2, 0.25) is 0 Å². The Balaban J connectivity index is 1.82. The molecule has 4 nitrogen and oxygen atoms in total. The summed E-state index contributed by atoms with van der Waals surface area (Å²) in [6.07, 6.45) is 1.48. The van der Waals surface area contributed by atoms with Gasteiger partial charge in [0, 0.05) is 29.9 Å². The Labute approximate surface area is 136 Å². The Morgan fingerprint density at radius 1 is 1.09 bits per heavy atom. The maximum Gasteiger partial charge on any atom is 0.255 e. The van der Waals surface area contributed by atoms with E-state index in [4.69, 9.17) is 0 Å². The van der Waals surface area contributed by atoms with Gasteiger partial charge in [0.05, 0.1) is 0 Å². The molecule has 0 atom stereocenters. The van der Waals surface area contributed by atoms with Crippen LogP contribution in [-0.2, 0) is 4.79 Å². The molecule has 0 saturated carbocycles. The summed E-state index contributed by atoms with van der Waals surface area (Å²) in [5.41, 5.74) is 4.36. The number of aryl methyl sites for hydroxylation is 2. The SMILES string of the molecule is Cc1ccc(C(=O)Nc2ccc(C)c(N3CCCC3=O)c2)cc1. The van der Waals surface area contributed by atoms with E-state index in [1.54, 1.807) is 4.90 Å². The van der Waals surface area contributed by atoms with Gasteiger partial charge in [-0.05, 0) is 50.1 Å². The molecule has 0 spiro atoms. The lowest BCUT2D eigenvalue weighted by Crippen LogP contribution is -2.24. The van der Waals surface area contributed by atoms with E-state index in [0.29, 0.717) is 17.7 Å². The third-order valence-electron chi connectivity index (χ3n) is 4.14. The van der Waals surface area contributed by atoms with Gasteiger partial charge in [-0.1, -0.05) is 23.8 Å². The predicted molar refractivity (Wildman–Crippen MR) is 91.9 cm³/mol. The molecular weight excluding hydrogens is 288 g/mol. The van der Waals surface area contributed by atoms with Crippen molar-refractivity contribution in [2.24, 2.45) is 0 Å². The number of hydrogen-bond donors (Lipinski definition) is 1. The fraction of sp³-hybridized carbons (Fsp3) is 0.263. The number of anilines is 2.